The van der Waals surface area contributed by atoms with Crippen molar-refractivity contribution < 1.29 is 20.1 Å². The van der Waals surface area contributed by atoms with Gasteiger partial charge in [0.25, 0.3) is 0 Å². The van der Waals surface area contributed by atoms with Crippen LogP contribution in [-0.4, -0.2) is 21.3 Å². The average molecular weight is 354 g/mol. The van der Waals surface area contributed by atoms with Gasteiger partial charge in [-0.3, -0.25) is 0 Å². The summed E-state index contributed by atoms with van der Waals surface area (Å²) >= 11 is 0. The predicted octanol–water partition coefficient (Wildman–Crippen LogP) is 5.48. The zero-order valence-corrected chi connectivity index (χ0v) is 15.5. The molecule has 138 valence electrons. The van der Waals surface area contributed by atoms with E-state index in [0.717, 1.165) is 24.0 Å². The molecule has 4 heteroatoms. The lowest BCUT2D eigenvalue weighted by Crippen LogP contribution is -1.92. The fraction of sp³-hybridized carbons (Fsp3) is 0.227. The molecule has 0 spiro atoms. The van der Waals surface area contributed by atoms with Crippen molar-refractivity contribution in [2.45, 2.75) is 33.6 Å². The molecule has 2 aromatic rings. The molecule has 0 aromatic heterocycles. The van der Waals surface area contributed by atoms with Crippen molar-refractivity contribution in [3.8, 4) is 11.5 Å². The highest BCUT2D eigenvalue weighted by atomic mass is 16.4. The smallest absolute Gasteiger partial charge is 0.330 e. The van der Waals surface area contributed by atoms with Gasteiger partial charge in [0.05, 0.1) is 0 Å². The van der Waals surface area contributed by atoms with Crippen molar-refractivity contribution in [3.05, 3.63) is 71.8 Å². The van der Waals surface area contributed by atoms with Gasteiger partial charge in [-0.15, -0.1) is 0 Å². The first-order valence-corrected chi connectivity index (χ1v) is 8.49. The molecule has 0 aliphatic heterocycles. The molecule has 0 amide bonds. The van der Waals surface area contributed by atoms with Gasteiger partial charge in [-0.25, -0.2) is 4.79 Å². The number of aromatic hydroxyl groups is 2. The first kappa shape index (κ1) is 21.0. The number of carboxylic acid groups (broad SMARTS) is 1. The minimum Gasteiger partial charge on any atom is -0.508 e. The number of phenolic OH excluding ortho intramolecular Hbond substituents is 2. The van der Waals surface area contributed by atoms with Gasteiger partial charge in [-0.1, -0.05) is 44.7 Å². The summed E-state index contributed by atoms with van der Waals surface area (Å²) in [7, 11) is 0. The van der Waals surface area contributed by atoms with Crippen molar-refractivity contribution in [2.24, 2.45) is 0 Å². The zero-order valence-electron chi connectivity index (χ0n) is 15.5. The summed E-state index contributed by atoms with van der Waals surface area (Å²) in [5, 5.41) is 26.7. The van der Waals surface area contributed by atoms with E-state index in [1.807, 2.05) is 24.3 Å². The van der Waals surface area contributed by atoms with E-state index in [0.29, 0.717) is 0 Å². The SMILES string of the molecule is C=C(C)C(=O)O.CC/C(=C(/CC)c1ccc(O)cc1)c1ccc(O)cc1. The minimum absolute atomic E-state index is 0.176. The van der Waals surface area contributed by atoms with Crippen LogP contribution >= 0.6 is 0 Å². The summed E-state index contributed by atoms with van der Waals surface area (Å²) in [6.45, 7) is 8.88. The van der Waals surface area contributed by atoms with E-state index in [1.165, 1.54) is 18.1 Å². The van der Waals surface area contributed by atoms with E-state index in [1.54, 1.807) is 24.3 Å². The van der Waals surface area contributed by atoms with Crippen molar-refractivity contribution in [1.29, 1.82) is 0 Å². The Morgan fingerprint density at radius 2 is 1.08 bits per heavy atom. The third-order valence-electron chi connectivity index (χ3n) is 3.87. The molecule has 0 aliphatic rings. The van der Waals surface area contributed by atoms with Crippen LogP contribution in [0.4, 0.5) is 0 Å². The molecule has 0 unspecified atom stereocenters. The van der Waals surface area contributed by atoms with Crippen LogP contribution in [0.5, 0.6) is 11.5 Å². The third kappa shape index (κ3) is 6.13. The van der Waals surface area contributed by atoms with Crippen molar-refractivity contribution >= 4 is 17.1 Å². The molecule has 26 heavy (non-hydrogen) atoms. The van der Waals surface area contributed by atoms with Crippen LogP contribution < -0.4 is 0 Å². The van der Waals surface area contributed by atoms with Gasteiger partial charge in [0.1, 0.15) is 11.5 Å². The lowest BCUT2D eigenvalue weighted by Gasteiger charge is -2.14. The van der Waals surface area contributed by atoms with Crippen LogP contribution in [0.15, 0.2) is 60.7 Å². The number of phenols is 2. The molecule has 2 aromatic carbocycles. The summed E-state index contributed by atoms with van der Waals surface area (Å²) in [5.41, 5.74) is 5.00. The maximum atomic E-state index is 9.60. The molecule has 2 rings (SSSR count). The van der Waals surface area contributed by atoms with Gasteiger partial charge in [-0.2, -0.15) is 0 Å². The third-order valence-corrected chi connectivity index (χ3v) is 3.87. The normalized spacial score (nSPS) is 11.0. The molecule has 0 saturated carbocycles. The van der Waals surface area contributed by atoms with Crippen molar-refractivity contribution in [2.75, 3.05) is 0 Å². The van der Waals surface area contributed by atoms with Crippen molar-refractivity contribution in [1.82, 2.24) is 0 Å². The first-order valence-electron chi connectivity index (χ1n) is 8.49. The number of aliphatic carboxylic acids is 1. The highest BCUT2D eigenvalue weighted by molar-refractivity contribution is 5.90. The molecule has 4 nitrogen and oxygen atoms in total. The molecule has 0 heterocycles. The van der Waals surface area contributed by atoms with Gasteiger partial charge in [0.2, 0.25) is 0 Å². The molecule has 0 saturated heterocycles. The first-order chi connectivity index (χ1) is 12.3. The summed E-state index contributed by atoms with van der Waals surface area (Å²) in [4.78, 5) is 9.60. The van der Waals surface area contributed by atoms with E-state index in [-0.39, 0.29) is 17.1 Å². The lowest BCUT2D eigenvalue weighted by atomic mass is 9.91. The maximum absolute atomic E-state index is 9.60. The van der Waals surface area contributed by atoms with Crippen LogP contribution in [-0.2, 0) is 4.79 Å². The number of allylic oxidation sites excluding steroid dienone is 2. The Balaban J connectivity index is 0.000000487. The number of carbonyl (C=O) groups is 1. The topological polar surface area (TPSA) is 77.8 Å². The Labute approximate surface area is 154 Å². The van der Waals surface area contributed by atoms with E-state index in [4.69, 9.17) is 5.11 Å². The summed E-state index contributed by atoms with van der Waals surface area (Å²) in [6.07, 6.45) is 1.85. The van der Waals surface area contributed by atoms with Crippen LogP contribution in [0.1, 0.15) is 44.7 Å². The van der Waals surface area contributed by atoms with Gasteiger partial charge in [0.15, 0.2) is 0 Å². The van der Waals surface area contributed by atoms with Crippen molar-refractivity contribution in [3.63, 3.8) is 0 Å². The molecule has 0 atom stereocenters. The second-order valence-corrected chi connectivity index (χ2v) is 5.84. The van der Waals surface area contributed by atoms with Gasteiger partial charge in [-0.05, 0) is 66.3 Å². The highest BCUT2D eigenvalue weighted by Crippen LogP contribution is 2.32. The highest BCUT2D eigenvalue weighted by Gasteiger charge is 2.09. The zero-order chi connectivity index (χ0) is 19.7. The Morgan fingerprint density at radius 3 is 1.27 bits per heavy atom. The average Bonchev–Trinajstić information content (AvgIpc) is 2.62. The van der Waals surface area contributed by atoms with Crippen LogP contribution in [0.3, 0.4) is 0 Å². The fourth-order valence-corrected chi connectivity index (χ4v) is 2.51. The maximum Gasteiger partial charge on any atom is 0.330 e. The molecule has 0 bridgehead atoms. The summed E-state index contributed by atoms with van der Waals surface area (Å²) < 4.78 is 0. The monoisotopic (exact) mass is 354 g/mol. The molecular formula is C22H26O4. The Kier molecular flexibility index (Phi) is 8.16. The second kappa shape index (κ2) is 10.1. The summed E-state index contributed by atoms with van der Waals surface area (Å²) in [6, 6.07) is 14.7. The van der Waals surface area contributed by atoms with E-state index in [9.17, 15) is 15.0 Å². The van der Waals surface area contributed by atoms with Gasteiger partial charge >= 0.3 is 5.97 Å². The van der Waals surface area contributed by atoms with Crippen LogP contribution in [0, 0.1) is 0 Å². The fourth-order valence-electron chi connectivity index (χ4n) is 2.51. The number of carboxylic acids is 1. The Hall–Kier alpha value is -3.01. The standard InChI is InChI=1S/C18H20O2.C4H6O2/c1-3-17(13-5-9-15(19)10-6-13)18(4-2)14-7-11-16(20)12-8-14;1-3(2)4(5)6/h5-12,19-20H,3-4H2,1-2H3;1H2,2H3,(H,5,6)/b18-17+;. The number of hydrogen-bond acceptors (Lipinski definition) is 3. The van der Waals surface area contributed by atoms with E-state index in [2.05, 4.69) is 20.4 Å². The number of hydrogen-bond donors (Lipinski definition) is 3. The molecule has 0 aliphatic carbocycles. The number of benzene rings is 2. The van der Waals surface area contributed by atoms with Gasteiger partial charge < -0.3 is 15.3 Å². The van der Waals surface area contributed by atoms with E-state index < -0.39 is 5.97 Å². The molecule has 3 N–H and O–H groups in total. The predicted molar refractivity (Wildman–Crippen MR) is 106 cm³/mol. The van der Waals surface area contributed by atoms with E-state index >= 15 is 0 Å². The quantitative estimate of drug-likeness (QED) is 0.491. The Bertz CT molecular complexity index is 701. The molecule has 0 fully saturated rings. The number of rotatable bonds is 5. The van der Waals surface area contributed by atoms with Crippen LogP contribution in [0.25, 0.3) is 11.1 Å². The molecular weight excluding hydrogens is 328 g/mol. The Morgan fingerprint density at radius 1 is 0.808 bits per heavy atom. The largest absolute Gasteiger partial charge is 0.508 e. The molecule has 0 radical (unpaired) electrons. The summed E-state index contributed by atoms with van der Waals surface area (Å²) in [5.74, 6) is -0.367. The van der Waals surface area contributed by atoms with Gasteiger partial charge in [0, 0.05) is 5.57 Å². The van der Waals surface area contributed by atoms with Crippen LogP contribution in [0.2, 0.25) is 0 Å². The minimum atomic E-state index is -0.935. The second-order valence-electron chi connectivity index (χ2n) is 5.84. The lowest BCUT2D eigenvalue weighted by molar-refractivity contribution is -0.132.